The van der Waals surface area contributed by atoms with E-state index in [4.69, 9.17) is 5.73 Å². The Bertz CT molecular complexity index is 382. The molecular weight excluding hydrogens is 212 g/mol. The van der Waals surface area contributed by atoms with Crippen molar-refractivity contribution >= 4 is 5.91 Å². The summed E-state index contributed by atoms with van der Waals surface area (Å²) in [5.41, 5.74) is 8.55. The van der Waals surface area contributed by atoms with Gasteiger partial charge in [-0.3, -0.25) is 4.79 Å². The first-order valence-corrected chi connectivity index (χ1v) is 6.16. The highest BCUT2D eigenvalue weighted by Gasteiger charge is 2.15. The number of benzene rings is 1. The molecule has 0 heterocycles. The van der Waals surface area contributed by atoms with E-state index in [0.717, 1.165) is 24.1 Å². The normalized spacial score (nSPS) is 10.4. The van der Waals surface area contributed by atoms with Crippen LogP contribution < -0.4 is 5.73 Å². The third-order valence-electron chi connectivity index (χ3n) is 2.79. The van der Waals surface area contributed by atoms with Crippen LogP contribution in [0.5, 0.6) is 0 Å². The Morgan fingerprint density at radius 3 is 2.53 bits per heavy atom. The first-order valence-electron chi connectivity index (χ1n) is 6.16. The van der Waals surface area contributed by atoms with Gasteiger partial charge in [-0.1, -0.05) is 24.6 Å². The molecule has 0 aliphatic rings. The number of carbonyl (C=O) groups excluding carboxylic acids is 1. The maximum atomic E-state index is 12.3. The third kappa shape index (κ3) is 3.56. The molecule has 0 saturated carbocycles. The van der Waals surface area contributed by atoms with E-state index in [1.807, 2.05) is 36.9 Å². The highest BCUT2D eigenvalue weighted by Crippen LogP contribution is 2.13. The molecule has 0 aromatic heterocycles. The van der Waals surface area contributed by atoms with Gasteiger partial charge in [0.25, 0.3) is 5.91 Å². The van der Waals surface area contributed by atoms with Gasteiger partial charge in [-0.15, -0.1) is 0 Å². The van der Waals surface area contributed by atoms with Crippen molar-refractivity contribution in [2.45, 2.75) is 27.2 Å². The van der Waals surface area contributed by atoms with Crippen molar-refractivity contribution in [2.24, 2.45) is 5.73 Å². The highest BCUT2D eigenvalue weighted by atomic mass is 16.2. The largest absolute Gasteiger partial charge is 0.337 e. The van der Waals surface area contributed by atoms with Crippen LogP contribution >= 0.6 is 0 Å². The van der Waals surface area contributed by atoms with Gasteiger partial charge in [0.15, 0.2) is 0 Å². The van der Waals surface area contributed by atoms with E-state index in [1.54, 1.807) is 0 Å². The van der Waals surface area contributed by atoms with Crippen molar-refractivity contribution < 1.29 is 4.79 Å². The van der Waals surface area contributed by atoms with Gasteiger partial charge in [0, 0.05) is 25.2 Å². The van der Waals surface area contributed by atoms with Gasteiger partial charge < -0.3 is 10.6 Å². The third-order valence-corrected chi connectivity index (χ3v) is 2.79. The van der Waals surface area contributed by atoms with Crippen molar-refractivity contribution in [1.82, 2.24) is 4.90 Å². The van der Waals surface area contributed by atoms with Crippen LogP contribution in [0.25, 0.3) is 0 Å². The number of aryl methyl sites for hydroxylation is 2. The van der Waals surface area contributed by atoms with Gasteiger partial charge in [-0.05, 0) is 31.9 Å². The van der Waals surface area contributed by atoms with Crippen molar-refractivity contribution in [3.63, 3.8) is 0 Å². The maximum Gasteiger partial charge on any atom is 0.254 e. The molecule has 2 N–H and O–H groups in total. The summed E-state index contributed by atoms with van der Waals surface area (Å²) in [6, 6.07) is 5.93. The van der Waals surface area contributed by atoms with Crippen molar-refractivity contribution in [2.75, 3.05) is 19.6 Å². The second-order valence-corrected chi connectivity index (χ2v) is 4.40. The molecule has 94 valence electrons. The molecule has 17 heavy (non-hydrogen) atoms. The van der Waals surface area contributed by atoms with Crippen LogP contribution in [0.15, 0.2) is 18.2 Å². The highest BCUT2D eigenvalue weighted by molar-refractivity contribution is 5.95. The molecule has 0 atom stereocenters. The summed E-state index contributed by atoms with van der Waals surface area (Å²) in [7, 11) is 0. The van der Waals surface area contributed by atoms with Crippen LogP contribution in [-0.4, -0.2) is 30.4 Å². The number of hydrogen-bond acceptors (Lipinski definition) is 2. The van der Waals surface area contributed by atoms with Crippen LogP contribution in [0.4, 0.5) is 0 Å². The molecule has 1 rings (SSSR count). The molecule has 0 saturated heterocycles. The standard InChI is InChI=1S/C14H22N2O/c1-4-8-16(9-7-15)14(17)13-6-5-11(2)10-12(13)3/h5-6,10H,4,7-9,15H2,1-3H3. The predicted octanol–water partition coefficient (Wildman–Crippen LogP) is 2.11. The maximum absolute atomic E-state index is 12.3. The quantitative estimate of drug-likeness (QED) is 0.848. The average molecular weight is 234 g/mol. The van der Waals surface area contributed by atoms with E-state index in [0.29, 0.717) is 13.1 Å². The van der Waals surface area contributed by atoms with Gasteiger partial charge in [0.2, 0.25) is 0 Å². The lowest BCUT2D eigenvalue weighted by atomic mass is 10.0. The molecule has 0 radical (unpaired) electrons. The Morgan fingerprint density at radius 1 is 1.29 bits per heavy atom. The van der Waals surface area contributed by atoms with Gasteiger partial charge in [-0.2, -0.15) is 0 Å². The van der Waals surface area contributed by atoms with Gasteiger partial charge >= 0.3 is 0 Å². The average Bonchev–Trinajstić information content (AvgIpc) is 2.28. The van der Waals surface area contributed by atoms with E-state index in [9.17, 15) is 4.79 Å². The number of nitrogens with two attached hydrogens (primary N) is 1. The molecule has 1 aromatic carbocycles. The van der Waals surface area contributed by atoms with E-state index in [1.165, 1.54) is 5.56 Å². The van der Waals surface area contributed by atoms with Crippen LogP contribution in [0.3, 0.4) is 0 Å². The fourth-order valence-electron chi connectivity index (χ4n) is 1.96. The lowest BCUT2D eigenvalue weighted by Crippen LogP contribution is -2.36. The molecule has 0 fully saturated rings. The smallest absolute Gasteiger partial charge is 0.254 e. The Labute approximate surface area is 104 Å². The first-order chi connectivity index (χ1) is 8.10. The summed E-state index contributed by atoms with van der Waals surface area (Å²) in [4.78, 5) is 14.2. The van der Waals surface area contributed by atoms with Crippen LogP contribution in [0.2, 0.25) is 0 Å². The zero-order valence-corrected chi connectivity index (χ0v) is 11.0. The Balaban J connectivity index is 2.92. The first kappa shape index (κ1) is 13.7. The van der Waals surface area contributed by atoms with Crippen LogP contribution in [0.1, 0.15) is 34.8 Å². The molecule has 0 unspecified atom stereocenters. The summed E-state index contributed by atoms with van der Waals surface area (Å²) >= 11 is 0. The van der Waals surface area contributed by atoms with Crippen molar-refractivity contribution in [3.05, 3.63) is 34.9 Å². The Hall–Kier alpha value is -1.35. The number of nitrogens with zero attached hydrogens (tertiary/aromatic N) is 1. The number of hydrogen-bond donors (Lipinski definition) is 1. The monoisotopic (exact) mass is 234 g/mol. The predicted molar refractivity (Wildman–Crippen MR) is 71.2 cm³/mol. The summed E-state index contributed by atoms with van der Waals surface area (Å²) < 4.78 is 0. The molecule has 0 bridgehead atoms. The molecule has 0 aliphatic carbocycles. The molecule has 0 spiro atoms. The van der Waals surface area contributed by atoms with Gasteiger partial charge in [0.05, 0.1) is 0 Å². The minimum absolute atomic E-state index is 0.0924. The van der Waals surface area contributed by atoms with Gasteiger partial charge in [0.1, 0.15) is 0 Å². The van der Waals surface area contributed by atoms with Gasteiger partial charge in [-0.25, -0.2) is 0 Å². The number of carbonyl (C=O) groups is 1. The van der Waals surface area contributed by atoms with Crippen LogP contribution in [0, 0.1) is 13.8 Å². The van der Waals surface area contributed by atoms with Crippen LogP contribution in [-0.2, 0) is 0 Å². The fourth-order valence-corrected chi connectivity index (χ4v) is 1.96. The van der Waals surface area contributed by atoms with E-state index < -0.39 is 0 Å². The minimum Gasteiger partial charge on any atom is -0.337 e. The zero-order chi connectivity index (χ0) is 12.8. The topological polar surface area (TPSA) is 46.3 Å². The number of amides is 1. The summed E-state index contributed by atoms with van der Waals surface area (Å²) in [5.74, 6) is 0.0924. The second kappa shape index (κ2) is 6.40. The summed E-state index contributed by atoms with van der Waals surface area (Å²) in [6.45, 7) is 7.98. The number of rotatable bonds is 5. The summed E-state index contributed by atoms with van der Waals surface area (Å²) in [5, 5.41) is 0. The zero-order valence-electron chi connectivity index (χ0n) is 11.0. The Kier molecular flexibility index (Phi) is 5.16. The molecule has 1 amide bonds. The summed E-state index contributed by atoms with van der Waals surface area (Å²) in [6.07, 6.45) is 0.955. The molecule has 1 aromatic rings. The van der Waals surface area contributed by atoms with Crippen molar-refractivity contribution in [1.29, 1.82) is 0 Å². The lowest BCUT2D eigenvalue weighted by Gasteiger charge is -2.22. The fraction of sp³-hybridized carbons (Fsp3) is 0.500. The molecule has 3 heteroatoms. The minimum atomic E-state index is 0.0924. The van der Waals surface area contributed by atoms with E-state index >= 15 is 0 Å². The second-order valence-electron chi connectivity index (χ2n) is 4.40. The molecule has 3 nitrogen and oxygen atoms in total. The van der Waals surface area contributed by atoms with E-state index in [2.05, 4.69) is 6.92 Å². The molecular formula is C14H22N2O. The van der Waals surface area contributed by atoms with E-state index in [-0.39, 0.29) is 5.91 Å². The van der Waals surface area contributed by atoms with Crippen molar-refractivity contribution in [3.8, 4) is 0 Å². The SMILES string of the molecule is CCCN(CCN)C(=O)c1ccc(C)cc1C. The molecule has 0 aliphatic heterocycles. The Morgan fingerprint density at radius 2 is 2.00 bits per heavy atom. The lowest BCUT2D eigenvalue weighted by molar-refractivity contribution is 0.0759.